The molecule has 130 valence electrons. The lowest BCUT2D eigenvalue weighted by molar-refractivity contribution is -0.133. The van der Waals surface area contributed by atoms with Crippen molar-refractivity contribution in [1.29, 1.82) is 0 Å². The molecule has 1 aromatic carbocycles. The molecule has 2 aliphatic heterocycles. The minimum Gasteiger partial charge on any atom is -0.493 e. The van der Waals surface area contributed by atoms with Crippen LogP contribution in [0.4, 0.5) is 4.79 Å². The first-order valence-corrected chi connectivity index (χ1v) is 8.32. The summed E-state index contributed by atoms with van der Waals surface area (Å²) in [5.74, 6) is 1.13. The third kappa shape index (κ3) is 2.45. The number of carbonyl (C=O) groups excluding carboxylic acids is 2. The summed E-state index contributed by atoms with van der Waals surface area (Å²) in [6.07, 6.45) is 1.97. The number of imide groups is 1. The fourth-order valence-corrected chi connectivity index (χ4v) is 3.33. The van der Waals surface area contributed by atoms with Gasteiger partial charge >= 0.3 is 6.03 Å². The molecule has 1 N–H and O–H groups in total. The van der Waals surface area contributed by atoms with E-state index in [0.717, 1.165) is 11.3 Å². The Morgan fingerprint density at radius 3 is 3.00 bits per heavy atom. The summed E-state index contributed by atoms with van der Waals surface area (Å²) in [5.41, 5.74) is -0.405. The summed E-state index contributed by atoms with van der Waals surface area (Å²) >= 11 is 0. The van der Waals surface area contributed by atoms with Gasteiger partial charge in [-0.1, -0.05) is 30.3 Å². The van der Waals surface area contributed by atoms with Gasteiger partial charge in [0.1, 0.15) is 12.3 Å². The van der Waals surface area contributed by atoms with E-state index in [9.17, 15) is 9.59 Å². The largest absolute Gasteiger partial charge is 0.493 e. The normalized spacial score (nSPS) is 22.0. The summed E-state index contributed by atoms with van der Waals surface area (Å²) in [6, 6.07) is 6.81. The fourth-order valence-electron chi connectivity index (χ4n) is 3.33. The zero-order valence-corrected chi connectivity index (χ0v) is 13.8. The molecule has 2 aliphatic rings. The Bertz CT molecular complexity index is 834. The molecule has 4 rings (SSSR count). The Kier molecular flexibility index (Phi) is 3.67. The van der Waals surface area contributed by atoms with Crippen LogP contribution in [0.2, 0.25) is 0 Å². The zero-order valence-electron chi connectivity index (χ0n) is 13.8. The van der Waals surface area contributed by atoms with Gasteiger partial charge in [0.2, 0.25) is 5.89 Å². The maximum atomic E-state index is 13.1. The number of urea groups is 1. The molecule has 3 heterocycles. The second-order valence-corrected chi connectivity index (χ2v) is 6.18. The predicted octanol–water partition coefficient (Wildman–Crippen LogP) is 1.75. The number of ether oxygens (including phenoxy) is 1. The van der Waals surface area contributed by atoms with Crippen LogP contribution in [0.25, 0.3) is 0 Å². The van der Waals surface area contributed by atoms with Gasteiger partial charge in [-0.2, -0.15) is 4.98 Å². The molecule has 25 heavy (non-hydrogen) atoms. The Balaban J connectivity index is 1.62. The van der Waals surface area contributed by atoms with Gasteiger partial charge in [-0.3, -0.25) is 9.69 Å². The molecule has 1 fully saturated rings. The van der Waals surface area contributed by atoms with E-state index in [2.05, 4.69) is 15.5 Å². The van der Waals surface area contributed by atoms with Crippen LogP contribution >= 0.6 is 0 Å². The minimum atomic E-state index is -1.09. The number of aryl methyl sites for hydroxylation is 1. The van der Waals surface area contributed by atoms with Crippen molar-refractivity contribution >= 4 is 11.9 Å². The molecule has 1 aromatic heterocycles. The van der Waals surface area contributed by atoms with Gasteiger partial charge in [0.15, 0.2) is 11.4 Å². The standard InChI is InChI=1S/C17H18N4O4/c1-2-5-13-18-14(25-20-13)10-21-15(22)17(19-16(21)23)8-9-24-12-7-4-3-6-11(12)17/h3-4,6-7H,2,5,8-10H2,1H3,(H,19,23)/t17-/m0/s1. The van der Waals surface area contributed by atoms with Crippen LogP contribution in [0.5, 0.6) is 5.75 Å². The molecular weight excluding hydrogens is 324 g/mol. The summed E-state index contributed by atoms with van der Waals surface area (Å²) in [6.45, 7) is 2.34. The van der Waals surface area contributed by atoms with E-state index in [0.29, 0.717) is 36.6 Å². The highest BCUT2D eigenvalue weighted by molar-refractivity contribution is 6.07. The number of fused-ring (bicyclic) bond motifs is 2. The molecule has 0 bridgehead atoms. The molecule has 1 atom stereocenters. The zero-order chi connectivity index (χ0) is 17.4. The van der Waals surface area contributed by atoms with Crippen molar-refractivity contribution in [2.75, 3.05) is 6.61 Å². The van der Waals surface area contributed by atoms with Crippen molar-refractivity contribution in [3.05, 3.63) is 41.5 Å². The number of hydrogen-bond acceptors (Lipinski definition) is 6. The lowest BCUT2D eigenvalue weighted by Crippen LogP contribution is -2.47. The van der Waals surface area contributed by atoms with Crippen LogP contribution in [-0.2, 0) is 23.3 Å². The molecule has 1 spiro atoms. The van der Waals surface area contributed by atoms with Crippen molar-refractivity contribution in [2.24, 2.45) is 0 Å². The Morgan fingerprint density at radius 2 is 2.16 bits per heavy atom. The van der Waals surface area contributed by atoms with E-state index >= 15 is 0 Å². The van der Waals surface area contributed by atoms with Crippen molar-refractivity contribution in [2.45, 2.75) is 38.3 Å². The van der Waals surface area contributed by atoms with Crippen molar-refractivity contribution < 1.29 is 18.8 Å². The van der Waals surface area contributed by atoms with E-state index in [1.54, 1.807) is 6.07 Å². The lowest BCUT2D eigenvalue weighted by Gasteiger charge is -2.33. The lowest BCUT2D eigenvalue weighted by atomic mass is 9.84. The highest BCUT2D eigenvalue weighted by Gasteiger charge is 2.55. The quantitative estimate of drug-likeness (QED) is 0.850. The molecule has 1 saturated heterocycles. The Hall–Kier alpha value is -2.90. The molecule has 0 saturated carbocycles. The topological polar surface area (TPSA) is 97.6 Å². The average molecular weight is 342 g/mol. The average Bonchev–Trinajstić information content (AvgIpc) is 3.15. The van der Waals surface area contributed by atoms with E-state index in [1.807, 2.05) is 25.1 Å². The van der Waals surface area contributed by atoms with Gasteiger partial charge in [-0.25, -0.2) is 4.79 Å². The van der Waals surface area contributed by atoms with Crippen LogP contribution in [0.15, 0.2) is 28.8 Å². The number of benzene rings is 1. The van der Waals surface area contributed by atoms with E-state index < -0.39 is 11.6 Å². The number of nitrogens with zero attached hydrogens (tertiary/aromatic N) is 3. The summed E-state index contributed by atoms with van der Waals surface area (Å²) in [5, 5.41) is 6.71. The molecule has 8 nitrogen and oxygen atoms in total. The first kappa shape index (κ1) is 15.6. The third-order valence-corrected chi connectivity index (χ3v) is 4.53. The molecule has 2 aromatic rings. The summed E-state index contributed by atoms with van der Waals surface area (Å²) in [7, 11) is 0. The molecule has 0 unspecified atom stereocenters. The second kappa shape index (κ2) is 5.87. The summed E-state index contributed by atoms with van der Waals surface area (Å²) < 4.78 is 10.8. The third-order valence-electron chi connectivity index (χ3n) is 4.53. The van der Waals surface area contributed by atoms with Crippen molar-refractivity contribution in [3.8, 4) is 5.75 Å². The maximum absolute atomic E-state index is 13.1. The van der Waals surface area contributed by atoms with Crippen molar-refractivity contribution in [1.82, 2.24) is 20.4 Å². The van der Waals surface area contributed by atoms with E-state index in [-0.39, 0.29) is 18.3 Å². The van der Waals surface area contributed by atoms with Gasteiger partial charge in [0.25, 0.3) is 5.91 Å². The van der Waals surface area contributed by atoms with Crippen LogP contribution in [0, 0.1) is 0 Å². The molecule has 8 heteroatoms. The van der Waals surface area contributed by atoms with Crippen LogP contribution in [0.1, 0.15) is 37.0 Å². The van der Waals surface area contributed by atoms with Crippen LogP contribution < -0.4 is 10.1 Å². The van der Waals surface area contributed by atoms with E-state index in [1.165, 1.54) is 0 Å². The number of amides is 3. The Labute approximate surface area is 144 Å². The number of aromatic nitrogens is 2. The number of hydrogen-bond donors (Lipinski definition) is 1. The molecular formula is C17H18N4O4. The first-order chi connectivity index (χ1) is 12.1. The highest BCUT2D eigenvalue weighted by atomic mass is 16.5. The first-order valence-electron chi connectivity index (χ1n) is 8.32. The smallest absolute Gasteiger partial charge is 0.325 e. The number of para-hydroxylation sites is 1. The van der Waals surface area contributed by atoms with Crippen molar-refractivity contribution in [3.63, 3.8) is 0 Å². The number of rotatable bonds is 4. The van der Waals surface area contributed by atoms with Gasteiger partial charge in [-0.15, -0.1) is 0 Å². The molecule has 3 amide bonds. The second-order valence-electron chi connectivity index (χ2n) is 6.18. The minimum absolute atomic E-state index is 0.0356. The predicted molar refractivity (Wildman–Crippen MR) is 85.6 cm³/mol. The number of nitrogens with one attached hydrogen (secondary N) is 1. The van der Waals surface area contributed by atoms with Gasteiger partial charge < -0.3 is 14.6 Å². The van der Waals surface area contributed by atoms with Gasteiger partial charge in [0.05, 0.1) is 6.61 Å². The summed E-state index contributed by atoms with van der Waals surface area (Å²) in [4.78, 5) is 30.9. The van der Waals surface area contributed by atoms with Gasteiger partial charge in [-0.05, 0) is 12.5 Å². The maximum Gasteiger partial charge on any atom is 0.325 e. The van der Waals surface area contributed by atoms with Crippen LogP contribution in [0.3, 0.4) is 0 Å². The Morgan fingerprint density at radius 1 is 1.32 bits per heavy atom. The monoisotopic (exact) mass is 342 g/mol. The SMILES string of the molecule is CCCc1noc(CN2C(=O)N[C@]3(CCOc4ccccc43)C2=O)n1. The fraction of sp³-hybridized carbons (Fsp3) is 0.412. The van der Waals surface area contributed by atoms with Gasteiger partial charge in [0, 0.05) is 18.4 Å². The molecule has 0 aliphatic carbocycles. The highest BCUT2D eigenvalue weighted by Crippen LogP contribution is 2.41. The number of carbonyl (C=O) groups is 2. The van der Waals surface area contributed by atoms with Crippen LogP contribution in [-0.4, -0.2) is 33.6 Å². The van der Waals surface area contributed by atoms with E-state index in [4.69, 9.17) is 9.26 Å². The molecule has 0 radical (unpaired) electrons.